The monoisotopic (exact) mass is 348 g/mol. The van der Waals surface area contributed by atoms with E-state index in [0.717, 1.165) is 36.6 Å². The predicted molar refractivity (Wildman–Crippen MR) is 95.8 cm³/mol. The van der Waals surface area contributed by atoms with Gasteiger partial charge in [0.25, 0.3) is 5.91 Å². The molecule has 7 heteroatoms. The van der Waals surface area contributed by atoms with Crippen LogP contribution in [0.2, 0.25) is 0 Å². The Balaban J connectivity index is 1.64. The molecule has 1 aliphatic rings. The van der Waals surface area contributed by atoms with E-state index in [-0.39, 0.29) is 11.9 Å². The summed E-state index contributed by atoms with van der Waals surface area (Å²) in [4.78, 5) is 32.0. The van der Waals surface area contributed by atoms with Crippen LogP contribution in [0.1, 0.15) is 47.8 Å². The van der Waals surface area contributed by atoms with Gasteiger partial charge in [0.2, 0.25) is 0 Å². The fraction of sp³-hybridized carbons (Fsp3) is 0.316. The standard InChI is InChI=1S/C19H20N6O/c1-2-17-22-10-12-25(17)18-7-3-5-14(23-18)16-6-4-11-24(16)19(26)15-13-20-8-9-21-15/h3,5,7-10,12-13,16H,2,4,6,11H2,1H3. The smallest absolute Gasteiger partial charge is 0.274 e. The number of pyridine rings is 1. The molecule has 0 bridgehead atoms. The van der Waals surface area contributed by atoms with Gasteiger partial charge in [0.15, 0.2) is 0 Å². The molecule has 0 radical (unpaired) electrons. The first kappa shape index (κ1) is 16.4. The lowest BCUT2D eigenvalue weighted by molar-refractivity contribution is 0.0726. The minimum atomic E-state index is -0.0929. The summed E-state index contributed by atoms with van der Waals surface area (Å²) in [6, 6.07) is 5.89. The maximum absolute atomic E-state index is 12.8. The molecule has 0 saturated carbocycles. The highest BCUT2D eigenvalue weighted by atomic mass is 16.2. The number of carbonyl (C=O) groups excluding carboxylic acids is 1. The molecular weight excluding hydrogens is 328 g/mol. The van der Waals surface area contributed by atoms with E-state index in [0.29, 0.717) is 12.2 Å². The van der Waals surface area contributed by atoms with Crippen LogP contribution in [0.5, 0.6) is 0 Å². The van der Waals surface area contributed by atoms with E-state index in [1.165, 1.54) is 6.20 Å². The molecule has 26 heavy (non-hydrogen) atoms. The second kappa shape index (κ2) is 7.03. The van der Waals surface area contributed by atoms with E-state index >= 15 is 0 Å². The second-order valence-electron chi connectivity index (χ2n) is 6.23. The first-order valence-corrected chi connectivity index (χ1v) is 8.84. The molecular formula is C19H20N6O. The van der Waals surface area contributed by atoms with Gasteiger partial charge in [-0.2, -0.15) is 0 Å². The molecule has 1 atom stereocenters. The maximum Gasteiger partial charge on any atom is 0.274 e. The van der Waals surface area contributed by atoms with Crippen LogP contribution in [0.25, 0.3) is 5.82 Å². The lowest BCUT2D eigenvalue weighted by Gasteiger charge is -2.24. The van der Waals surface area contributed by atoms with Gasteiger partial charge in [0.05, 0.1) is 17.9 Å². The molecule has 0 aromatic carbocycles. The van der Waals surface area contributed by atoms with E-state index in [2.05, 4.69) is 21.9 Å². The van der Waals surface area contributed by atoms with Gasteiger partial charge in [-0.25, -0.2) is 15.0 Å². The maximum atomic E-state index is 12.8. The van der Waals surface area contributed by atoms with Crippen LogP contribution in [0.15, 0.2) is 49.2 Å². The van der Waals surface area contributed by atoms with Gasteiger partial charge < -0.3 is 4.90 Å². The Kier molecular flexibility index (Phi) is 4.43. The summed E-state index contributed by atoms with van der Waals surface area (Å²) in [6.45, 7) is 2.78. The predicted octanol–water partition coefficient (Wildman–Crippen LogP) is 2.60. The summed E-state index contributed by atoms with van der Waals surface area (Å²) in [5.41, 5.74) is 1.27. The van der Waals surface area contributed by atoms with E-state index in [1.807, 2.05) is 33.9 Å². The largest absolute Gasteiger partial charge is 0.329 e. The van der Waals surface area contributed by atoms with Crippen molar-refractivity contribution in [3.8, 4) is 5.82 Å². The van der Waals surface area contributed by atoms with E-state index in [4.69, 9.17) is 4.98 Å². The average molecular weight is 348 g/mol. The molecule has 3 aromatic heterocycles. The van der Waals surface area contributed by atoms with E-state index < -0.39 is 0 Å². The molecule has 0 aliphatic carbocycles. The number of likely N-dealkylation sites (tertiary alicyclic amines) is 1. The molecule has 1 aliphatic heterocycles. The Morgan fingerprint density at radius 3 is 2.96 bits per heavy atom. The van der Waals surface area contributed by atoms with Gasteiger partial charge in [0, 0.05) is 37.8 Å². The molecule has 1 saturated heterocycles. The highest BCUT2D eigenvalue weighted by Gasteiger charge is 2.32. The molecule has 3 aromatic rings. The van der Waals surface area contributed by atoms with Crippen molar-refractivity contribution in [2.45, 2.75) is 32.2 Å². The third kappa shape index (κ3) is 2.96. The molecule has 132 valence electrons. The van der Waals surface area contributed by atoms with Crippen molar-refractivity contribution < 1.29 is 4.79 Å². The van der Waals surface area contributed by atoms with Crippen molar-refractivity contribution in [1.29, 1.82) is 0 Å². The average Bonchev–Trinajstić information content (AvgIpc) is 3.37. The summed E-state index contributed by atoms with van der Waals surface area (Å²) in [6.07, 6.45) is 11.0. The van der Waals surface area contributed by atoms with Crippen molar-refractivity contribution in [2.24, 2.45) is 0 Å². The van der Waals surface area contributed by atoms with Gasteiger partial charge in [-0.05, 0) is 25.0 Å². The molecule has 4 heterocycles. The number of hydrogen-bond acceptors (Lipinski definition) is 5. The van der Waals surface area contributed by atoms with E-state index in [1.54, 1.807) is 18.6 Å². The molecule has 0 spiro atoms. The van der Waals surface area contributed by atoms with Crippen LogP contribution < -0.4 is 0 Å². The first-order valence-electron chi connectivity index (χ1n) is 8.84. The number of imidazole rings is 1. The molecule has 4 rings (SSSR count). The van der Waals surface area contributed by atoms with Crippen LogP contribution in [0, 0.1) is 0 Å². The van der Waals surface area contributed by atoms with Crippen molar-refractivity contribution in [3.63, 3.8) is 0 Å². The number of hydrogen-bond donors (Lipinski definition) is 0. The first-order chi connectivity index (χ1) is 12.8. The lowest BCUT2D eigenvalue weighted by atomic mass is 10.1. The number of carbonyl (C=O) groups is 1. The fourth-order valence-electron chi connectivity index (χ4n) is 3.44. The summed E-state index contributed by atoms with van der Waals surface area (Å²) in [7, 11) is 0. The Morgan fingerprint density at radius 2 is 2.15 bits per heavy atom. The molecule has 7 nitrogen and oxygen atoms in total. The van der Waals surface area contributed by atoms with Crippen molar-refractivity contribution in [2.75, 3.05) is 6.54 Å². The van der Waals surface area contributed by atoms with Crippen molar-refractivity contribution in [1.82, 2.24) is 29.4 Å². The van der Waals surface area contributed by atoms with Crippen LogP contribution in [0.3, 0.4) is 0 Å². The van der Waals surface area contributed by atoms with Crippen molar-refractivity contribution in [3.05, 3.63) is 66.4 Å². The SMILES string of the molecule is CCc1nccn1-c1cccc(C2CCCN2C(=O)c2cnccn2)n1. The zero-order chi connectivity index (χ0) is 17.9. The van der Waals surface area contributed by atoms with Gasteiger partial charge >= 0.3 is 0 Å². The Hall–Kier alpha value is -3.09. The second-order valence-corrected chi connectivity index (χ2v) is 6.23. The molecule has 0 N–H and O–H groups in total. The molecule has 1 fully saturated rings. The normalized spacial score (nSPS) is 16.8. The van der Waals surface area contributed by atoms with Gasteiger partial charge in [-0.15, -0.1) is 0 Å². The van der Waals surface area contributed by atoms with E-state index in [9.17, 15) is 4.79 Å². The van der Waals surface area contributed by atoms with Crippen LogP contribution in [0.4, 0.5) is 0 Å². The molecule has 1 unspecified atom stereocenters. The quantitative estimate of drug-likeness (QED) is 0.724. The summed E-state index contributed by atoms with van der Waals surface area (Å²) < 4.78 is 1.99. The number of aromatic nitrogens is 5. The van der Waals surface area contributed by atoms with Crippen molar-refractivity contribution >= 4 is 5.91 Å². The van der Waals surface area contributed by atoms with Gasteiger partial charge in [0.1, 0.15) is 17.3 Å². The minimum absolute atomic E-state index is 0.0435. The fourth-order valence-corrected chi connectivity index (χ4v) is 3.44. The topological polar surface area (TPSA) is 76.8 Å². The highest BCUT2D eigenvalue weighted by molar-refractivity contribution is 5.92. The Morgan fingerprint density at radius 1 is 1.23 bits per heavy atom. The summed E-state index contributed by atoms with van der Waals surface area (Å²) in [5.74, 6) is 1.70. The van der Waals surface area contributed by atoms with Crippen LogP contribution in [-0.4, -0.2) is 41.9 Å². The minimum Gasteiger partial charge on any atom is -0.329 e. The lowest BCUT2D eigenvalue weighted by Crippen LogP contribution is -2.31. The van der Waals surface area contributed by atoms with Crippen LogP contribution >= 0.6 is 0 Å². The Labute approximate surface area is 151 Å². The highest BCUT2D eigenvalue weighted by Crippen LogP contribution is 2.32. The summed E-state index contributed by atoms with van der Waals surface area (Å²) >= 11 is 0. The number of amides is 1. The third-order valence-electron chi connectivity index (χ3n) is 4.67. The number of aryl methyl sites for hydroxylation is 1. The van der Waals surface area contributed by atoms with Gasteiger partial charge in [-0.3, -0.25) is 14.3 Å². The van der Waals surface area contributed by atoms with Crippen LogP contribution in [-0.2, 0) is 6.42 Å². The Bertz CT molecular complexity index is 907. The van der Waals surface area contributed by atoms with Gasteiger partial charge in [-0.1, -0.05) is 13.0 Å². The zero-order valence-corrected chi connectivity index (χ0v) is 14.6. The summed E-state index contributed by atoms with van der Waals surface area (Å²) in [5, 5.41) is 0. The third-order valence-corrected chi connectivity index (χ3v) is 4.67. The number of rotatable bonds is 4. The molecule has 1 amide bonds. The zero-order valence-electron chi connectivity index (χ0n) is 14.6. The number of nitrogens with zero attached hydrogens (tertiary/aromatic N) is 6.